The van der Waals surface area contributed by atoms with Gasteiger partial charge in [-0.3, -0.25) is 0 Å². The molecule has 0 amide bonds. The van der Waals surface area contributed by atoms with Gasteiger partial charge in [0.05, 0.1) is 6.54 Å². The van der Waals surface area contributed by atoms with Gasteiger partial charge in [0.2, 0.25) is 10.0 Å². The predicted octanol–water partition coefficient (Wildman–Crippen LogP) is 2.29. The van der Waals surface area contributed by atoms with E-state index in [9.17, 15) is 17.2 Å². The smallest absolute Gasteiger partial charge is 0.207 e. The van der Waals surface area contributed by atoms with Gasteiger partial charge in [0.25, 0.3) is 0 Å². The first-order chi connectivity index (χ1) is 9.99. The first-order valence-electron chi connectivity index (χ1n) is 5.98. The molecule has 2 rings (SSSR count). The summed E-state index contributed by atoms with van der Waals surface area (Å²) >= 11 is 0. The Morgan fingerprint density at radius 1 is 1.00 bits per heavy atom. The number of hydrogen-bond donors (Lipinski definition) is 1. The van der Waals surface area contributed by atoms with Gasteiger partial charge in [0.15, 0.2) is 0 Å². The van der Waals surface area contributed by atoms with Crippen molar-refractivity contribution in [1.82, 2.24) is 4.72 Å². The summed E-state index contributed by atoms with van der Waals surface area (Å²) in [6.07, 6.45) is 0. The first-order valence-corrected chi connectivity index (χ1v) is 7.46. The summed E-state index contributed by atoms with van der Waals surface area (Å²) in [5.41, 5.74) is 0.557. The molecule has 0 unspecified atom stereocenters. The van der Waals surface area contributed by atoms with E-state index in [1.807, 2.05) is 0 Å². The van der Waals surface area contributed by atoms with Crippen LogP contribution in [0.25, 0.3) is 0 Å². The summed E-state index contributed by atoms with van der Waals surface area (Å²) in [6.45, 7) is -0.173. The van der Waals surface area contributed by atoms with Crippen LogP contribution >= 0.6 is 0 Å². The van der Waals surface area contributed by atoms with Gasteiger partial charge >= 0.3 is 0 Å². The lowest BCUT2D eigenvalue weighted by molar-refractivity contribution is 0.560. The summed E-state index contributed by atoms with van der Waals surface area (Å²) < 4.78 is 52.0. The molecule has 0 fully saturated rings. The minimum Gasteiger partial charge on any atom is -0.207 e. The van der Waals surface area contributed by atoms with E-state index in [2.05, 4.69) is 16.6 Å². The predicted molar refractivity (Wildman–Crippen MR) is 74.9 cm³/mol. The topological polar surface area (TPSA) is 46.2 Å². The molecule has 0 aromatic heterocycles. The number of benzene rings is 2. The first kappa shape index (κ1) is 15.2. The number of hydrogen-bond acceptors (Lipinski definition) is 2. The summed E-state index contributed by atoms with van der Waals surface area (Å²) in [7, 11) is -3.94. The molecule has 3 nitrogen and oxygen atoms in total. The maximum absolute atomic E-state index is 13.4. The van der Waals surface area contributed by atoms with E-state index in [1.54, 1.807) is 0 Å². The van der Waals surface area contributed by atoms with Gasteiger partial charge in [-0.15, -0.1) is 0 Å². The highest BCUT2D eigenvalue weighted by Gasteiger charge is 2.16. The minimum absolute atomic E-state index is 0.173. The maximum Gasteiger partial charge on any atom is 0.244 e. The Labute approximate surface area is 121 Å². The Hall–Kier alpha value is -2.23. The molecule has 1 N–H and O–H groups in total. The third-order valence-electron chi connectivity index (χ3n) is 2.55. The second-order valence-corrected chi connectivity index (χ2v) is 5.80. The molecule has 108 valence electrons. The Morgan fingerprint density at radius 2 is 1.67 bits per heavy atom. The molecule has 0 aliphatic carbocycles. The van der Waals surface area contributed by atoms with Gasteiger partial charge in [0, 0.05) is 5.56 Å². The highest BCUT2D eigenvalue weighted by Crippen LogP contribution is 2.12. The molecule has 0 aliphatic rings. The van der Waals surface area contributed by atoms with E-state index in [1.165, 1.54) is 42.5 Å². The van der Waals surface area contributed by atoms with Gasteiger partial charge in [-0.2, -0.15) is 4.72 Å². The van der Waals surface area contributed by atoms with Crippen LogP contribution < -0.4 is 4.72 Å². The Bertz CT molecular complexity index is 790. The standard InChI is InChI=1S/C15H11F2NO2S/c16-13-9-7-12(8-10-13)4-3-11-18-21(19,20)15-6-2-1-5-14(15)17/h1-2,5-10,18H,11H2. The van der Waals surface area contributed by atoms with Crippen LogP contribution in [0.2, 0.25) is 0 Å². The van der Waals surface area contributed by atoms with Crippen molar-refractivity contribution in [2.75, 3.05) is 6.54 Å². The number of halogens is 2. The fraction of sp³-hybridized carbons (Fsp3) is 0.0667. The van der Waals surface area contributed by atoms with Crippen molar-refractivity contribution < 1.29 is 17.2 Å². The van der Waals surface area contributed by atoms with Gasteiger partial charge in [0.1, 0.15) is 16.5 Å². The van der Waals surface area contributed by atoms with Crippen LogP contribution in [0.15, 0.2) is 53.4 Å². The van der Waals surface area contributed by atoms with Crippen molar-refractivity contribution in [2.45, 2.75) is 4.90 Å². The molecule has 0 bridgehead atoms. The van der Waals surface area contributed by atoms with Crippen LogP contribution in [-0.2, 0) is 10.0 Å². The molecule has 6 heteroatoms. The normalized spacial score (nSPS) is 10.8. The fourth-order valence-corrected chi connectivity index (χ4v) is 2.55. The van der Waals surface area contributed by atoms with Gasteiger partial charge in [-0.05, 0) is 36.4 Å². The van der Waals surface area contributed by atoms with E-state index in [-0.39, 0.29) is 12.4 Å². The van der Waals surface area contributed by atoms with Crippen LogP contribution in [0.3, 0.4) is 0 Å². The third kappa shape index (κ3) is 4.12. The van der Waals surface area contributed by atoms with Crippen molar-refractivity contribution in [2.24, 2.45) is 0 Å². The minimum atomic E-state index is -3.94. The van der Waals surface area contributed by atoms with Gasteiger partial charge in [-0.1, -0.05) is 24.0 Å². The van der Waals surface area contributed by atoms with Crippen LogP contribution in [0.4, 0.5) is 8.78 Å². The summed E-state index contributed by atoms with van der Waals surface area (Å²) in [4.78, 5) is -0.423. The van der Waals surface area contributed by atoms with E-state index in [0.29, 0.717) is 5.56 Å². The molecule has 0 saturated carbocycles. The van der Waals surface area contributed by atoms with Gasteiger partial charge < -0.3 is 0 Å². The quantitative estimate of drug-likeness (QED) is 0.885. The van der Waals surface area contributed by atoms with Crippen molar-refractivity contribution in [1.29, 1.82) is 0 Å². The van der Waals surface area contributed by atoms with Crippen molar-refractivity contribution >= 4 is 10.0 Å². The second-order valence-electron chi connectivity index (χ2n) is 4.06. The van der Waals surface area contributed by atoms with E-state index >= 15 is 0 Å². The zero-order chi connectivity index (χ0) is 15.3. The lowest BCUT2D eigenvalue weighted by Crippen LogP contribution is -2.24. The van der Waals surface area contributed by atoms with Crippen LogP contribution in [0.5, 0.6) is 0 Å². The highest BCUT2D eigenvalue weighted by molar-refractivity contribution is 7.89. The van der Waals surface area contributed by atoms with E-state index in [0.717, 1.165) is 6.07 Å². The number of nitrogens with one attached hydrogen (secondary N) is 1. The molecule has 0 atom stereocenters. The Kier molecular flexibility index (Phi) is 4.68. The molecule has 0 radical (unpaired) electrons. The highest BCUT2D eigenvalue weighted by atomic mass is 32.2. The largest absolute Gasteiger partial charge is 0.244 e. The zero-order valence-electron chi connectivity index (χ0n) is 10.8. The molecule has 0 aliphatic heterocycles. The molecule has 0 saturated heterocycles. The Balaban J connectivity index is 2.04. The SMILES string of the molecule is O=S(=O)(NCC#Cc1ccc(F)cc1)c1ccccc1F. The van der Waals surface area contributed by atoms with Crippen molar-refractivity contribution in [3.8, 4) is 11.8 Å². The average molecular weight is 307 g/mol. The third-order valence-corrected chi connectivity index (χ3v) is 3.99. The van der Waals surface area contributed by atoms with Gasteiger partial charge in [-0.25, -0.2) is 17.2 Å². The van der Waals surface area contributed by atoms with Crippen LogP contribution in [0.1, 0.15) is 5.56 Å². The zero-order valence-corrected chi connectivity index (χ0v) is 11.6. The monoisotopic (exact) mass is 307 g/mol. The summed E-state index contributed by atoms with van der Waals surface area (Å²) in [5.74, 6) is 4.06. The lowest BCUT2D eigenvalue weighted by Gasteiger charge is -2.04. The van der Waals surface area contributed by atoms with Crippen molar-refractivity contribution in [3.05, 3.63) is 65.7 Å². The number of sulfonamides is 1. The average Bonchev–Trinajstić information content (AvgIpc) is 2.46. The molecule has 2 aromatic carbocycles. The van der Waals surface area contributed by atoms with Crippen LogP contribution in [-0.4, -0.2) is 15.0 Å². The maximum atomic E-state index is 13.4. The van der Waals surface area contributed by atoms with Crippen LogP contribution in [0, 0.1) is 23.5 Å². The summed E-state index contributed by atoms with van der Waals surface area (Å²) in [6, 6.07) is 10.6. The fourth-order valence-electron chi connectivity index (χ4n) is 1.55. The Morgan fingerprint density at radius 3 is 2.33 bits per heavy atom. The van der Waals surface area contributed by atoms with E-state index < -0.39 is 20.7 Å². The molecule has 0 spiro atoms. The molecular weight excluding hydrogens is 296 g/mol. The number of rotatable bonds is 3. The van der Waals surface area contributed by atoms with Crippen molar-refractivity contribution in [3.63, 3.8) is 0 Å². The molecule has 2 aromatic rings. The molecule has 21 heavy (non-hydrogen) atoms. The molecule has 0 heterocycles. The van der Waals surface area contributed by atoms with E-state index in [4.69, 9.17) is 0 Å². The molecular formula is C15H11F2NO2S. The second kappa shape index (κ2) is 6.48. The summed E-state index contributed by atoms with van der Waals surface area (Å²) in [5, 5.41) is 0. The lowest BCUT2D eigenvalue weighted by atomic mass is 10.2.